The molecule has 0 bridgehead atoms. The van der Waals surface area contributed by atoms with Crippen LogP contribution in [-0.2, 0) is 6.42 Å². The molecule has 4 aromatic carbocycles. The fraction of sp³-hybridized carbons (Fsp3) is 0.140. The number of anilines is 2. The third kappa shape index (κ3) is 5.07. The number of pyridine rings is 1. The summed E-state index contributed by atoms with van der Waals surface area (Å²) in [5.74, 6) is 0. The van der Waals surface area contributed by atoms with Crippen molar-refractivity contribution in [1.29, 1.82) is 0 Å². The van der Waals surface area contributed by atoms with Crippen molar-refractivity contribution >= 4 is 29.2 Å². The van der Waals surface area contributed by atoms with Gasteiger partial charge in [-0.25, -0.2) is 4.98 Å². The Balaban J connectivity index is 1.01. The number of benzene rings is 4. The molecule has 4 heterocycles. The summed E-state index contributed by atoms with van der Waals surface area (Å²) in [6, 6.07) is 37.4. The largest absolute Gasteiger partial charge is 0.376 e. The number of dihydropyridines is 1. The number of aryl methyl sites for hydroxylation is 2. The van der Waals surface area contributed by atoms with Crippen LogP contribution >= 0.6 is 0 Å². The number of nitrogens with zero attached hydrogens (tertiary/aromatic N) is 1. The van der Waals surface area contributed by atoms with Gasteiger partial charge < -0.3 is 16.0 Å². The molecule has 228 valence electrons. The zero-order valence-electron chi connectivity index (χ0n) is 26.4. The Morgan fingerprint density at radius 3 is 2.36 bits per heavy atom. The maximum Gasteiger partial charge on any atom is 0.0946 e. The molecule has 3 N–H and O–H groups in total. The lowest BCUT2D eigenvalue weighted by molar-refractivity contribution is 0.668. The zero-order valence-corrected chi connectivity index (χ0v) is 26.4. The van der Waals surface area contributed by atoms with Crippen molar-refractivity contribution in [2.45, 2.75) is 37.9 Å². The minimum atomic E-state index is -0.00244. The highest BCUT2D eigenvalue weighted by molar-refractivity contribution is 5.86. The third-order valence-corrected chi connectivity index (χ3v) is 9.92. The summed E-state index contributed by atoms with van der Waals surface area (Å²) in [5, 5.41) is 11.7. The van der Waals surface area contributed by atoms with Crippen molar-refractivity contribution in [1.82, 2.24) is 10.3 Å². The summed E-state index contributed by atoms with van der Waals surface area (Å²) in [4.78, 5) is 5.18. The Kier molecular flexibility index (Phi) is 6.67. The summed E-state index contributed by atoms with van der Waals surface area (Å²) >= 11 is 0. The molecule has 5 aromatic rings. The highest BCUT2D eigenvalue weighted by atomic mass is 15.0. The Morgan fingerprint density at radius 1 is 0.660 bits per heavy atom. The Morgan fingerprint density at radius 2 is 1.49 bits per heavy atom. The molecule has 4 nitrogen and oxygen atoms in total. The zero-order chi connectivity index (χ0) is 31.3. The number of hydrogen-bond donors (Lipinski definition) is 3. The van der Waals surface area contributed by atoms with Gasteiger partial charge in [0.25, 0.3) is 0 Å². The normalized spacial score (nSPS) is 20.2. The predicted molar refractivity (Wildman–Crippen MR) is 195 cm³/mol. The molecular weight excluding hydrogens is 573 g/mol. The average molecular weight is 609 g/mol. The van der Waals surface area contributed by atoms with E-state index in [4.69, 9.17) is 4.98 Å². The number of fused-ring (bicyclic) bond motifs is 6. The van der Waals surface area contributed by atoms with E-state index in [1.54, 1.807) is 0 Å². The van der Waals surface area contributed by atoms with E-state index < -0.39 is 0 Å². The quantitative estimate of drug-likeness (QED) is 0.190. The van der Waals surface area contributed by atoms with Gasteiger partial charge in [0.15, 0.2) is 0 Å². The van der Waals surface area contributed by atoms with Gasteiger partial charge in [0, 0.05) is 11.3 Å². The van der Waals surface area contributed by atoms with Gasteiger partial charge in [-0.05, 0) is 83.0 Å². The van der Waals surface area contributed by atoms with Crippen molar-refractivity contribution < 1.29 is 0 Å². The second-order valence-corrected chi connectivity index (χ2v) is 13.0. The third-order valence-electron chi connectivity index (χ3n) is 9.92. The number of nitrogens with one attached hydrogen (secondary N) is 3. The highest BCUT2D eigenvalue weighted by Gasteiger charge is 2.28. The summed E-state index contributed by atoms with van der Waals surface area (Å²) < 4.78 is 0. The van der Waals surface area contributed by atoms with Crippen LogP contribution < -0.4 is 16.0 Å². The molecule has 0 radical (unpaired) electrons. The van der Waals surface area contributed by atoms with Crippen LogP contribution in [-0.4, -0.2) is 4.98 Å². The Labute approximate surface area is 276 Å². The molecule has 1 aliphatic carbocycles. The lowest BCUT2D eigenvalue weighted by Gasteiger charge is -2.33. The first-order valence-corrected chi connectivity index (χ1v) is 16.6. The van der Waals surface area contributed by atoms with E-state index in [2.05, 4.69) is 156 Å². The van der Waals surface area contributed by atoms with Gasteiger partial charge in [-0.15, -0.1) is 0 Å². The minimum absolute atomic E-state index is 0.00244. The standard InChI is InChI=1S/C43H36N4/c1-27-24-34(38-22-18-32-14-12-30-16-20-36(28-8-4-2-5-9-28)44-40(30)42(32)46-38)26-35(25-27)39-23-19-33-15-13-31-17-21-37(29-10-6-3-7-11-29)45-41(31)43(33)47-39/h2-16,18-20,22-26,37,39,42,45-47H,17,21H2,1H3. The second kappa shape index (κ2) is 11.3. The molecule has 0 spiro atoms. The molecule has 9 rings (SSSR count). The van der Waals surface area contributed by atoms with Gasteiger partial charge in [0.05, 0.1) is 40.9 Å². The van der Waals surface area contributed by atoms with Crippen molar-refractivity contribution in [3.63, 3.8) is 0 Å². The van der Waals surface area contributed by atoms with E-state index >= 15 is 0 Å². The smallest absolute Gasteiger partial charge is 0.0946 e. The molecule has 4 heteroatoms. The average Bonchev–Trinajstić information content (AvgIpc) is 3.14. The first-order valence-electron chi connectivity index (χ1n) is 16.6. The molecular formula is C43H36N4. The fourth-order valence-corrected chi connectivity index (χ4v) is 7.49. The van der Waals surface area contributed by atoms with Crippen LogP contribution in [0, 0.1) is 6.92 Å². The van der Waals surface area contributed by atoms with Gasteiger partial charge >= 0.3 is 0 Å². The molecule has 3 atom stereocenters. The van der Waals surface area contributed by atoms with Crippen LogP contribution in [0.2, 0.25) is 0 Å². The second-order valence-electron chi connectivity index (χ2n) is 13.0. The topological polar surface area (TPSA) is 49.0 Å². The van der Waals surface area contributed by atoms with Crippen molar-refractivity contribution in [2.24, 2.45) is 0 Å². The number of allylic oxidation sites excluding steroid dienone is 2. The number of aromatic nitrogens is 1. The maximum atomic E-state index is 5.18. The monoisotopic (exact) mass is 608 g/mol. The lowest BCUT2D eigenvalue weighted by Crippen LogP contribution is -2.27. The van der Waals surface area contributed by atoms with E-state index in [-0.39, 0.29) is 12.1 Å². The first kappa shape index (κ1) is 27.7. The molecule has 0 saturated heterocycles. The summed E-state index contributed by atoms with van der Waals surface area (Å²) in [5.41, 5.74) is 16.8. The van der Waals surface area contributed by atoms with Crippen LogP contribution in [0.25, 0.3) is 29.1 Å². The van der Waals surface area contributed by atoms with Crippen molar-refractivity contribution in [3.8, 4) is 11.3 Å². The van der Waals surface area contributed by atoms with E-state index in [0.29, 0.717) is 6.04 Å². The Bertz CT molecular complexity index is 2140. The number of rotatable bonds is 4. The van der Waals surface area contributed by atoms with Gasteiger partial charge in [0.2, 0.25) is 0 Å². The van der Waals surface area contributed by atoms with Crippen LogP contribution in [0.3, 0.4) is 0 Å². The number of hydrogen-bond acceptors (Lipinski definition) is 4. The SMILES string of the molecule is Cc1cc(C2=CC=C3C=Cc4ccc(-c5ccccc5)nc4C3N2)cc(C2C=Cc3ccc4c(c3N2)NC(c2ccccc2)CC4)c1. The van der Waals surface area contributed by atoms with E-state index in [1.807, 2.05) is 6.07 Å². The van der Waals surface area contributed by atoms with Crippen molar-refractivity contribution in [3.05, 3.63) is 178 Å². The van der Waals surface area contributed by atoms with Gasteiger partial charge in [0.1, 0.15) is 0 Å². The Hall–Kier alpha value is -5.61. The summed E-state index contributed by atoms with van der Waals surface area (Å²) in [6.07, 6.45) is 15.6. The molecule has 4 aliphatic rings. The lowest BCUT2D eigenvalue weighted by atomic mass is 9.88. The fourth-order valence-electron chi connectivity index (χ4n) is 7.49. The highest BCUT2D eigenvalue weighted by Crippen LogP contribution is 2.44. The van der Waals surface area contributed by atoms with Gasteiger partial charge in [-0.3, -0.25) is 0 Å². The molecule has 1 aromatic heterocycles. The van der Waals surface area contributed by atoms with Gasteiger partial charge in [-0.1, -0.05) is 121 Å². The van der Waals surface area contributed by atoms with E-state index in [1.165, 1.54) is 50.3 Å². The summed E-state index contributed by atoms with van der Waals surface area (Å²) in [6.45, 7) is 2.19. The van der Waals surface area contributed by atoms with Crippen LogP contribution in [0.15, 0.2) is 133 Å². The molecule has 0 saturated carbocycles. The first-order chi connectivity index (χ1) is 23.2. The molecule has 3 aliphatic heterocycles. The van der Waals surface area contributed by atoms with E-state index in [0.717, 1.165) is 41.1 Å². The molecule has 0 fully saturated rings. The van der Waals surface area contributed by atoms with Crippen LogP contribution in [0.4, 0.5) is 11.4 Å². The van der Waals surface area contributed by atoms with Crippen LogP contribution in [0.1, 0.15) is 69.2 Å². The minimum Gasteiger partial charge on any atom is -0.376 e. The van der Waals surface area contributed by atoms with E-state index in [9.17, 15) is 0 Å². The predicted octanol–water partition coefficient (Wildman–Crippen LogP) is 9.98. The molecule has 0 amide bonds. The summed E-state index contributed by atoms with van der Waals surface area (Å²) in [7, 11) is 0. The maximum absolute atomic E-state index is 5.18. The molecule has 3 unspecified atom stereocenters. The molecule has 47 heavy (non-hydrogen) atoms. The van der Waals surface area contributed by atoms with Crippen LogP contribution in [0.5, 0.6) is 0 Å². The van der Waals surface area contributed by atoms with Crippen molar-refractivity contribution in [2.75, 3.05) is 10.6 Å². The van der Waals surface area contributed by atoms with Gasteiger partial charge in [-0.2, -0.15) is 0 Å².